The van der Waals surface area contributed by atoms with Crippen molar-refractivity contribution in [2.45, 2.75) is 26.4 Å². The van der Waals surface area contributed by atoms with Gasteiger partial charge in [0.1, 0.15) is 5.82 Å². The molecule has 0 unspecified atom stereocenters. The molecule has 0 aliphatic carbocycles. The summed E-state index contributed by atoms with van der Waals surface area (Å²) in [5, 5.41) is 3.04. The van der Waals surface area contributed by atoms with E-state index >= 15 is 0 Å². The molecule has 0 saturated carbocycles. The first-order valence-electron chi connectivity index (χ1n) is 8.01. The van der Waals surface area contributed by atoms with Gasteiger partial charge in [-0.25, -0.2) is 4.98 Å². The van der Waals surface area contributed by atoms with Crippen LogP contribution in [0.4, 0.5) is 0 Å². The van der Waals surface area contributed by atoms with Crippen LogP contribution in [0.1, 0.15) is 36.1 Å². The Morgan fingerprint density at radius 1 is 1.17 bits per heavy atom. The van der Waals surface area contributed by atoms with Crippen molar-refractivity contribution >= 4 is 16.9 Å². The number of nitrogens with one attached hydrogen (secondary N) is 1. The first kappa shape index (κ1) is 16.0. The van der Waals surface area contributed by atoms with Crippen LogP contribution in [-0.2, 0) is 6.54 Å². The number of imidazole rings is 1. The molecule has 4 nitrogen and oxygen atoms in total. The van der Waals surface area contributed by atoms with E-state index in [1.165, 1.54) is 0 Å². The molecule has 0 saturated heterocycles. The van der Waals surface area contributed by atoms with E-state index in [9.17, 15) is 4.79 Å². The summed E-state index contributed by atoms with van der Waals surface area (Å²) < 4.78 is 2.12. The van der Waals surface area contributed by atoms with Gasteiger partial charge >= 0.3 is 0 Å². The predicted molar refractivity (Wildman–Crippen MR) is 96.9 cm³/mol. The lowest BCUT2D eigenvalue weighted by molar-refractivity contribution is 0.0938. The maximum atomic E-state index is 12.4. The fraction of sp³-hybridized carbons (Fsp3) is 0.200. The number of hydrogen-bond acceptors (Lipinski definition) is 2. The number of benzene rings is 2. The van der Waals surface area contributed by atoms with E-state index in [0.29, 0.717) is 12.1 Å². The third kappa shape index (κ3) is 3.23. The van der Waals surface area contributed by atoms with Gasteiger partial charge < -0.3 is 9.88 Å². The highest BCUT2D eigenvalue weighted by atomic mass is 16.1. The molecule has 0 radical (unpaired) electrons. The zero-order valence-corrected chi connectivity index (χ0v) is 14.0. The van der Waals surface area contributed by atoms with Crippen molar-refractivity contribution in [2.24, 2.45) is 0 Å². The van der Waals surface area contributed by atoms with Crippen LogP contribution in [0, 0.1) is 0 Å². The number of hydrogen-bond donors (Lipinski definition) is 1. The molecular formula is C20H21N3O. The lowest BCUT2D eigenvalue weighted by Crippen LogP contribution is -2.28. The molecule has 3 rings (SSSR count). The van der Waals surface area contributed by atoms with Crippen LogP contribution >= 0.6 is 0 Å². The van der Waals surface area contributed by atoms with Crippen molar-refractivity contribution in [2.75, 3.05) is 0 Å². The summed E-state index contributed by atoms with van der Waals surface area (Å²) >= 11 is 0. The van der Waals surface area contributed by atoms with Gasteiger partial charge in [0.2, 0.25) is 0 Å². The molecule has 122 valence electrons. The van der Waals surface area contributed by atoms with Gasteiger partial charge in [-0.05, 0) is 38.1 Å². The van der Waals surface area contributed by atoms with Crippen molar-refractivity contribution in [3.8, 4) is 0 Å². The fourth-order valence-electron chi connectivity index (χ4n) is 2.79. The molecule has 0 aliphatic rings. The van der Waals surface area contributed by atoms with Gasteiger partial charge in [-0.2, -0.15) is 0 Å². The Morgan fingerprint density at radius 2 is 1.83 bits per heavy atom. The summed E-state index contributed by atoms with van der Waals surface area (Å²) in [6, 6.07) is 17.0. The first-order chi connectivity index (χ1) is 11.6. The molecule has 3 aromatic rings. The van der Waals surface area contributed by atoms with Gasteiger partial charge in [-0.15, -0.1) is 0 Å². The van der Waals surface area contributed by atoms with Gasteiger partial charge in [-0.1, -0.05) is 42.5 Å². The molecule has 1 N–H and O–H groups in total. The average molecular weight is 319 g/mol. The second-order valence-corrected chi connectivity index (χ2v) is 6.06. The van der Waals surface area contributed by atoms with E-state index in [0.717, 1.165) is 22.4 Å². The maximum absolute atomic E-state index is 12.4. The van der Waals surface area contributed by atoms with E-state index in [1.807, 2.05) is 56.3 Å². The predicted octanol–water partition coefficient (Wildman–Crippen LogP) is 4.10. The zero-order chi connectivity index (χ0) is 17.1. The lowest BCUT2D eigenvalue weighted by Gasteiger charge is -2.16. The van der Waals surface area contributed by atoms with Gasteiger partial charge in [0, 0.05) is 12.1 Å². The Bertz CT molecular complexity index is 880. The largest absolute Gasteiger partial charge is 0.342 e. The highest BCUT2D eigenvalue weighted by Crippen LogP contribution is 2.22. The van der Waals surface area contributed by atoms with Gasteiger partial charge in [0.05, 0.1) is 17.1 Å². The third-order valence-corrected chi connectivity index (χ3v) is 3.88. The van der Waals surface area contributed by atoms with E-state index in [2.05, 4.69) is 16.5 Å². The molecule has 1 atom stereocenters. The van der Waals surface area contributed by atoms with Crippen molar-refractivity contribution in [3.05, 3.63) is 78.1 Å². The molecule has 0 fully saturated rings. The maximum Gasteiger partial charge on any atom is 0.251 e. The fourth-order valence-corrected chi connectivity index (χ4v) is 2.79. The van der Waals surface area contributed by atoms with Crippen LogP contribution in [0.25, 0.3) is 11.0 Å². The summed E-state index contributed by atoms with van der Waals surface area (Å²) in [5.41, 5.74) is 3.67. The number of carbonyl (C=O) groups excluding carboxylic acids is 1. The minimum absolute atomic E-state index is 0.1000. The molecule has 4 heteroatoms. The summed E-state index contributed by atoms with van der Waals surface area (Å²) in [6.07, 6.45) is 0. The summed E-state index contributed by atoms with van der Waals surface area (Å²) in [6.45, 7) is 8.64. The van der Waals surface area contributed by atoms with Gasteiger partial charge in [0.15, 0.2) is 0 Å². The summed E-state index contributed by atoms with van der Waals surface area (Å²) in [4.78, 5) is 17.1. The van der Waals surface area contributed by atoms with E-state index in [1.54, 1.807) is 12.1 Å². The van der Waals surface area contributed by atoms with Crippen LogP contribution in [0.15, 0.2) is 66.7 Å². The van der Waals surface area contributed by atoms with Crippen LogP contribution in [0.5, 0.6) is 0 Å². The highest BCUT2D eigenvalue weighted by molar-refractivity contribution is 5.94. The standard InChI is InChI=1S/C20H21N3O/c1-14(2)13-23-18-12-8-7-11-17(18)22-19(23)15(3)21-20(24)16-9-5-4-6-10-16/h4-12,15H,1,13H2,2-3H3,(H,21,24)/t15-/m0/s1. The highest BCUT2D eigenvalue weighted by Gasteiger charge is 2.18. The van der Waals surface area contributed by atoms with Crippen molar-refractivity contribution in [1.82, 2.24) is 14.9 Å². The van der Waals surface area contributed by atoms with Crippen molar-refractivity contribution < 1.29 is 4.79 Å². The first-order valence-corrected chi connectivity index (χ1v) is 8.01. The minimum Gasteiger partial charge on any atom is -0.342 e. The zero-order valence-electron chi connectivity index (χ0n) is 14.0. The molecule has 24 heavy (non-hydrogen) atoms. The van der Waals surface area contributed by atoms with Crippen molar-refractivity contribution in [1.29, 1.82) is 0 Å². The second kappa shape index (κ2) is 6.71. The van der Waals surface area contributed by atoms with E-state index in [-0.39, 0.29) is 11.9 Å². The third-order valence-electron chi connectivity index (χ3n) is 3.88. The molecule has 1 amide bonds. The molecular weight excluding hydrogens is 298 g/mol. The van der Waals surface area contributed by atoms with E-state index < -0.39 is 0 Å². The molecule has 0 bridgehead atoms. The molecule has 0 spiro atoms. The lowest BCUT2D eigenvalue weighted by atomic mass is 10.2. The second-order valence-electron chi connectivity index (χ2n) is 6.06. The van der Waals surface area contributed by atoms with E-state index in [4.69, 9.17) is 4.98 Å². The summed E-state index contributed by atoms with van der Waals surface area (Å²) in [7, 11) is 0. The smallest absolute Gasteiger partial charge is 0.251 e. The molecule has 1 heterocycles. The monoisotopic (exact) mass is 319 g/mol. The average Bonchev–Trinajstić information content (AvgIpc) is 2.94. The SMILES string of the molecule is C=C(C)Cn1c([C@H](C)NC(=O)c2ccccc2)nc2ccccc21. The Kier molecular flexibility index (Phi) is 4.47. The van der Waals surface area contributed by atoms with Crippen LogP contribution in [0.2, 0.25) is 0 Å². The number of fused-ring (bicyclic) bond motifs is 1. The number of rotatable bonds is 5. The Morgan fingerprint density at radius 3 is 2.54 bits per heavy atom. The van der Waals surface area contributed by atoms with Gasteiger partial charge in [0.25, 0.3) is 5.91 Å². The van der Waals surface area contributed by atoms with Crippen LogP contribution < -0.4 is 5.32 Å². The Hall–Kier alpha value is -2.88. The number of carbonyl (C=O) groups is 1. The minimum atomic E-state index is -0.204. The Labute approximate surface area is 141 Å². The number of para-hydroxylation sites is 2. The van der Waals surface area contributed by atoms with Crippen LogP contribution in [-0.4, -0.2) is 15.5 Å². The van der Waals surface area contributed by atoms with Gasteiger partial charge in [-0.3, -0.25) is 4.79 Å². The molecule has 0 aliphatic heterocycles. The topological polar surface area (TPSA) is 46.9 Å². The molecule has 1 aromatic heterocycles. The van der Waals surface area contributed by atoms with Crippen LogP contribution in [0.3, 0.4) is 0 Å². The number of nitrogens with zero attached hydrogens (tertiary/aromatic N) is 2. The Balaban J connectivity index is 1.93. The van der Waals surface area contributed by atoms with Crippen molar-refractivity contribution in [3.63, 3.8) is 0 Å². The molecule has 2 aromatic carbocycles. The number of allylic oxidation sites excluding steroid dienone is 1. The number of amides is 1. The normalized spacial score (nSPS) is 12.1. The quantitative estimate of drug-likeness (QED) is 0.720. The summed E-state index contributed by atoms with van der Waals surface area (Å²) in [5.74, 6) is 0.737. The number of aromatic nitrogens is 2.